The fourth-order valence-electron chi connectivity index (χ4n) is 0.829. The van der Waals surface area contributed by atoms with Crippen LogP contribution in [0.3, 0.4) is 0 Å². The molecule has 1 aliphatic heterocycles. The maximum absolute atomic E-state index is 10.6. The molecule has 0 amide bonds. The highest BCUT2D eigenvalue weighted by atomic mass is 16.5. The van der Waals surface area contributed by atoms with Crippen molar-refractivity contribution < 1.29 is 9.53 Å². The Kier molecular flexibility index (Phi) is 1.42. The molecule has 1 rings (SSSR count). The first kappa shape index (κ1) is 6.13. The molecule has 50 valence electrons. The van der Waals surface area contributed by atoms with Gasteiger partial charge < -0.3 is 10.5 Å². The number of hydrogen-bond acceptors (Lipinski definition) is 3. The van der Waals surface area contributed by atoms with Crippen LogP contribution < -0.4 is 5.73 Å². The van der Waals surface area contributed by atoms with E-state index in [1.54, 1.807) is 0 Å². The largest absolute Gasteiger partial charge is 0.459 e. The minimum atomic E-state index is -0.273. The lowest BCUT2D eigenvalue weighted by atomic mass is 10.2. The average molecular weight is 127 g/mol. The molecule has 1 saturated heterocycles. The van der Waals surface area contributed by atoms with E-state index in [2.05, 4.69) is 0 Å². The van der Waals surface area contributed by atoms with E-state index < -0.39 is 0 Å². The Morgan fingerprint density at radius 3 is 2.78 bits per heavy atom. The lowest BCUT2D eigenvalue weighted by molar-refractivity contribution is -0.138. The second kappa shape index (κ2) is 2.09. The fourth-order valence-corrected chi connectivity index (χ4v) is 0.829. The molecule has 1 fully saturated rings. The van der Waals surface area contributed by atoms with Crippen LogP contribution in [0, 0.1) is 0 Å². The molecule has 0 aromatic heterocycles. The number of rotatable bonds is 0. The van der Waals surface area contributed by atoms with Crippen molar-refractivity contribution >= 4 is 5.97 Å². The van der Waals surface area contributed by atoms with Crippen LogP contribution >= 0.6 is 0 Å². The molecule has 0 spiro atoms. The molecule has 9 heavy (non-hydrogen) atoms. The van der Waals surface area contributed by atoms with Crippen molar-refractivity contribution in [3.8, 4) is 0 Å². The number of esters is 1. The SMILES string of the molecule is CC1C/C(=C/N)C(=O)O1. The quantitative estimate of drug-likeness (QED) is 0.372. The topological polar surface area (TPSA) is 52.3 Å². The van der Waals surface area contributed by atoms with E-state index in [-0.39, 0.29) is 12.1 Å². The first-order chi connectivity index (χ1) is 4.24. The fraction of sp³-hybridized carbons (Fsp3) is 0.500. The van der Waals surface area contributed by atoms with Crippen LogP contribution in [0.15, 0.2) is 11.8 Å². The molecule has 1 unspecified atom stereocenters. The van der Waals surface area contributed by atoms with Gasteiger partial charge in [0.1, 0.15) is 6.10 Å². The van der Waals surface area contributed by atoms with Gasteiger partial charge in [-0.2, -0.15) is 0 Å². The Hall–Kier alpha value is -0.990. The van der Waals surface area contributed by atoms with E-state index >= 15 is 0 Å². The van der Waals surface area contributed by atoms with Gasteiger partial charge in [-0.05, 0) is 6.92 Å². The molecule has 0 aliphatic carbocycles. The van der Waals surface area contributed by atoms with Crippen LogP contribution in [0.25, 0.3) is 0 Å². The average Bonchev–Trinajstić information content (AvgIpc) is 2.10. The Balaban J connectivity index is 2.70. The predicted molar refractivity (Wildman–Crippen MR) is 32.4 cm³/mol. The third kappa shape index (κ3) is 1.04. The Bertz CT molecular complexity index is 162. The predicted octanol–water partition coefficient (Wildman–Crippen LogP) is 0.164. The van der Waals surface area contributed by atoms with Gasteiger partial charge in [-0.1, -0.05) is 0 Å². The monoisotopic (exact) mass is 127 g/mol. The lowest BCUT2D eigenvalue weighted by Gasteiger charge is -1.94. The summed E-state index contributed by atoms with van der Waals surface area (Å²) in [6.45, 7) is 1.84. The van der Waals surface area contributed by atoms with Crippen LogP contribution in [0.4, 0.5) is 0 Å². The van der Waals surface area contributed by atoms with Gasteiger partial charge in [0.2, 0.25) is 0 Å². The summed E-state index contributed by atoms with van der Waals surface area (Å²) < 4.78 is 4.78. The Morgan fingerprint density at radius 2 is 2.56 bits per heavy atom. The van der Waals surface area contributed by atoms with E-state index in [0.29, 0.717) is 12.0 Å². The molecule has 1 heterocycles. The highest BCUT2D eigenvalue weighted by molar-refractivity contribution is 5.90. The number of cyclic esters (lactones) is 1. The molecule has 1 atom stereocenters. The van der Waals surface area contributed by atoms with E-state index in [0.717, 1.165) is 0 Å². The van der Waals surface area contributed by atoms with Crippen molar-refractivity contribution in [1.82, 2.24) is 0 Å². The van der Waals surface area contributed by atoms with Crippen molar-refractivity contribution in [2.45, 2.75) is 19.4 Å². The van der Waals surface area contributed by atoms with Gasteiger partial charge in [-0.25, -0.2) is 4.79 Å². The summed E-state index contributed by atoms with van der Waals surface area (Å²) in [5, 5.41) is 0. The lowest BCUT2D eigenvalue weighted by Crippen LogP contribution is -2.00. The van der Waals surface area contributed by atoms with Crippen LogP contribution in [-0.4, -0.2) is 12.1 Å². The number of nitrogens with two attached hydrogens (primary N) is 1. The summed E-state index contributed by atoms with van der Waals surface area (Å²) in [5.41, 5.74) is 5.71. The summed E-state index contributed by atoms with van der Waals surface area (Å²) in [7, 11) is 0. The number of carbonyl (C=O) groups excluding carboxylic acids is 1. The van der Waals surface area contributed by atoms with Gasteiger partial charge in [-0.15, -0.1) is 0 Å². The summed E-state index contributed by atoms with van der Waals surface area (Å²) in [4.78, 5) is 10.6. The Labute approximate surface area is 53.5 Å². The second-order valence-corrected chi connectivity index (χ2v) is 2.11. The van der Waals surface area contributed by atoms with Crippen LogP contribution in [0.2, 0.25) is 0 Å². The van der Waals surface area contributed by atoms with Crippen LogP contribution in [-0.2, 0) is 9.53 Å². The van der Waals surface area contributed by atoms with Gasteiger partial charge in [0, 0.05) is 12.6 Å². The molecule has 0 saturated carbocycles. The van der Waals surface area contributed by atoms with Gasteiger partial charge >= 0.3 is 5.97 Å². The molecule has 0 aromatic rings. The molecular weight excluding hydrogens is 118 g/mol. The van der Waals surface area contributed by atoms with Crippen molar-refractivity contribution in [1.29, 1.82) is 0 Å². The summed E-state index contributed by atoms with van der Waals surface area (Å²) in [5.74, 6) is -0.273. The first-order valence-corrected chi connectivity index (χ1v) is 2.86. The third-order valence-electron chi connectivity index (χ3n) is 1.28. The minimum Gasteiger partial charge on any atom is -0.459 e. The standard InChI is InChI=1S/C6H9NO2/c1-4-2-5(3-7)6(8)9-4/h3-4H,2,7H2,1H3/b5-3-. The second-order valence-electron chi connectivity index (χ2n) is 2.11. The number of ether oxygens (including phenoxy) is 1. The zero-order chi connectivity index (χ0) is 6.85. The van der Waals surface area contributed by atoms with E-state index in [4.69, 9.17) is 10.5 Å². The summed E-state index contributed by atoms with van der Waals surface area (Å²) in [6.07, 6.45) is 1.97. The van der Waals surface area contributed by atoms with Crippen molar-refractivity contribution in [3.63, 3.8) is 0 Å². The molecule has 0 aromatic carbocycles. The molecule has 2 N–H and O–H groups in total. The third-order valence-corrected chi connectivity index (χ3v) is 1.28. The van der Waals surface area contributed by atoms with Gasteiger partial charge in [-0.3, -0.25) is 0 Å². The molecule has 3 nitrogen and oxygen atoms in total. The molecular formula is C6H9NO2. The van der Waals surface area contributed by atoms with Gasteiger partial charge in [0.05, 0.1) is 5.57 Å². The van der Waals surface area contributed by atoms with E-state index in [9.17, 15) is 4.79 Å². The number of carbonyl (C=O) groups is 1. The number of hydrogen-bond donors (Lipinski definition) is 1. The van der Waals surface area contributed by atoms with Crippen LogP contribution in [0.5, 0.6) is 0 Å². The molecule has 0 radical (unpaired) electrons. The van der Waals surface area contributed by atoms with Gasteiger partial charge in [0.15, 0.2) is 0 Å². The zero-order valence-corrected chi connectivity index (χ0v) is 5.26. The van der Waals surface area contributed by atoms with Crippen molar-refractivity contribution in [2.75, 3.05) is 0 Å². The smallest absolute Gasteiger partial charge is 0.335 e. The Morgan fingerprint density at radius 1 is 1.89 bits per heavy atom. The van der Waals surface area contributed by atoms with Crippen LogP contribution in [0.1, 0.15) is 13.3 Å². The zero-order valence-electron chi connectivity index (χ0n) is 5.26. The normalized spacial score (nSPS) is 31.0. The summed E-state index contributed by atoms with van der Waals surface area (Å²) >= 11 is 0. The van der Waals surface area contributed by atoms with Gasteiger partial charge in [0.25, 0.3) is 0 Å². The molecule has 3 heteroatoms. The highest BCUT2D eigenvalue weighted by Crippen LogP contribution is 2.17. The van der Waals surface area contributed by atoms with E-state index in [1.165, 1.54) is 6.20 Å². The van der Waals surface area contributed by atoms with Crippen molar-refractivity contribution in [3.05, 3.63) is 11.8 Å². The molecule has 0 bridgehead atoms. The summed E-state index contributed by atoms with van der Waals surface area (Å²) in [6, 6.07) is 0. The maximum atomic E-state index is 10.6. The van der Waals surface area contributed by atoms with Crippen molar-refractivity contribution in [2.24, 2.45) is 5.73 Å². The maximum Gasteiger partial charge on any atom is 0.335 e. The molecule has 1 aliphatic rings. The highest BCUT2D eigenvalue weighted by Gasteiger charge is 2.24. The minimum absolute atomic E-state index is 0.00676. The first-order valence-electron chi connectivity index (χ1n) is 2.86. The van der Waals surface area contributed by atoms with E-state index in [1.807, 2.05) is 6.92 Å².